The molecule has 1 heterocycles. The van der Waals surface area contributed by atoms with Gasteiger partial charge in [0, 0.05) is 34.3 Å². The molecule has 4 rings (SSSR count). The Kier molecular flexibility index (Phi) is 13.0. The smallest absolute Gasteiger partial charge is 0.446 e. The second kappa shape index (κ2) is 16.9. The molecule has 0 spiro atoms. The Hall–Kier alpha value is -5.75. The van der Waals surface area contributed by atoms with Crippen molar-refractivity contribution in [2.75, 3.05) is 25.0 Å². The van der Waals surface area contributed by atoms with Gasteiger partial charge in [0.05, 0.1) is 24.7 Å². The Morgan fingerprint density at radius 3 is 2.41 bits per heavy atom. The van der Waals surface area contributed by atoms with Crippen LogP contribution < -0.4 is 32.8 Å². The summed E-state index contributed by atoms with van der Waals surface area (Å²) in [4.78, 5) is 56.5. The molecule has 2 aromatic carbocycles. The van der Waals surface area contributed by atoms with E-state index in [1.807, 2.05) is 0 Å². The van der Waals surface area contributed by atoms with E-state index in [1.165, 1.54) is 30.3 Å². The number of benzene rings is 3. The highest BCUT2D eigenvalue weighted by Crippen LogP contribution is 2.42. The van der Waals surface area contributed by atoms with Gasteiger partial charge in [0.25, 0.3) is 0 Å². The molecule has 0 fully saturated rings. The number of phenols is 1. The van der Waals surface area contributed by atoms with Gasteiger partial charge in [-0.3, -0.25) is 14.4 Å². The van der Waals surface area contributed by atoms with Gasteiger partial charge in [-0.25, -0.2) is 9.59 Å². The molecule has 14 nitrogen and oxygen atoms in total. The van der Waals surface area contributed by atoms with E-state index in [0.29, 0.717) is 47.2 Å². The maximum Gasteiger partial charge on any atom is 0.446 e. The number of amides is 2. The number of carboxylic acid groups (broad SMARTS) is 1. The number of anilines is 1. The van der Waals surface area contributed by atoms with Crippen LogP contribution in [0.25, 0.3) is 33.4 Å². The Morgan fingerprint density at radius 2 is 1.78 bits per heavy atom. The average Bonchev–Trinajstić information content (AvgIpc) is 3.03. The number of aldehydes is 1. The van der Waals surface area contributed by atoms with E-state index in [2.05, 4.69) is 21.7 Å². The largest absolute Gasteiger partial charge is 0.508 e. The molecule has 0 aromatic heterocycles. The topological polar surface area (TPSA) is 238 Å². The van der Waals surface area contributed by atoms with E-state index < -0.39 is 36.5 Å². The number of carbonyl (C=O) groups is 4. The predicted octanol–water partition coefficient (Wildman–Crippen LogP) is 2.60. The molecule has 2 aromatic rings. The first-order valence-corrected chi connectivity index (χ1v) is 14.7. The van der Waals surface area contributed by atoms with Gasteiger partial charge >= 0.3 is 18.2 Å². The number of hydrogen-bond acceptors (Lipinski definition) is 9. The number of quaternary nitrogens is 1. The zero-order chi connectivity index (χ0) is 36.3. The van der Waals surface area contributed by atoms with Gasteiger partial charge in [0.1, 0.15) is 23.7 Å². The van der Waals surface area contributed by atoms with E-state index in [9.17, 15) is 42.6 Å². The molecule has 18 heteroatoms. The first kappa shape index (κ1) is 37.7. The monoisotopic (exact) mass is 706 g/mol. The predicted molar refractivity (Wildman–Crippen MR) is 174 cm³/mol. The number of nitrogens with two attached hydrogens (primary N) is 1. The van der Waals surface area contributed by atoms with Gasteiger partial charge in [-0.05, 0) is 67.0 Å². The van der Waals surface area contributed by atoms with Crippen LogP contribution in [0.3, 0.4) is 0 Å². The molecule has 10 N–H and O–H groups in total. The normalized spacial score (nSPS) is 11.5. The standard InChI is InChI=1S/C29H29N5O8S.C2HF3O/c30-9-1-2-16(14-41-28(31)40)33-25(37)13-32-29(43)34-15-3-6-19(22(10-15)27(38)39)26-20-7-4-17(35)11-23(20)42-24-12-18(36)5-8-21(24)26;3-2(4,5)1-6/h3-8,10-12,16,35H,1-2,9,13-14,30H2,(H2,31,40)(H,33,37)(H,38,39)(H2,32,34,43);1H/p+1/t16-;/m0./s1. The van der Waals surface area contributed by atoms with Crippen molar-refractivity contribution < 1.29 is 57.5 Å². The zero-order valence-electron chi connectivity index (χ0n) is 25.5. The van der Waals surface area contributed by atoms with Crippen LogP contribution in [-0.4, -0.2) is 71.5 Å². The molecular weight excluding hydrogens is 675 g/mol. The van der Waals surface area contributed by atoms with Crippen molar-refractivity contribution >= 4 is 58.2 Å². The van der Waals surface area contributed by atoms with Crippen molar-refractivity contribution in [2.24, 2.45) is 5.73 Å². The lowest BCUT2D eigenvalue weighted by Crippen LogP contribution is -2.51. The molecule has 1 aliphatic heterocycles. The number of halogens is 3. The van der Waals surface area contributed by atoms with E-state index in [4.69, 9.17) is 31.9 Å². The Balaban J connectivity index is 0.000000992. The minimum atomic E-state index is -4.64. The summed E-state index contributed by atoms with van der Waals surface area (Å²) in [5.74, 6) is -1.45. The van der Waals surface area contributed by atoms with Gasteiger partial charge < -0.3 is 46.8 Å². The Bertz CT molecular complexity index is 1880. The quantitative estimate of drug-likeness (QED) is 0.0677. The molecule has 49 heavy (non-hydrogen) atoms. The van der Waals surface area contributed by atoms with Gasteiger partial charge in [0.15, 0.2) is 10.5 Å². The van der Waals surface area contributed by atoms with Crippen LogP contribution in [0.4, 0.5) is 23.7 Å². The number of carbonyl (C=O) groups excluding carboxylic acids is 3. The fourth-order valence-corrected chi connectivity index (χ4v) is 4.74. The molecule has 0 unspecified atom stereocenters. The number of phenolic OH excluding ortho intramolecular Hbond substituents is 1. The van der Waals surface area contributed by atoms with Crippen LogP contribution >= 0.6 is 12.2 Å². The number of primary amides is 1. The Labute approximate surface area is 280 Å². The highest BCUT2D eigenvalue weighted by atomic mass is 32.1. The lowest BCUT2D eigenvalue weighted by atomic mass is 9.90. The molecule has 1 atom stereocenters. The number of aromatic carboxylic acids is 1. The third-order valence-electron chi connectivity index (χ3n) is 6.59. The first-order valence-electron chi connectivity index (χ1n) is 14.3. The third-order valence-corrected chi connectivity index (χ3v) is 6.84. The summed E-state index contributed by atoms with van der Waals surface area (Å²) in [6, 6.07) is 12.8. The van der Waals surface area contributed by atoms with Crippen LogP contribution in [0, 0.1) is 0 Å². The minimum absolute atomic E-state index is 0.0553. The SMILES string of the molecule is NC(=O)OC[C@H](CCC[NH3+])NC(=O)CNC(=S)Nc1ccc(-c2c3ccc(=O)cc-3oc3cc(O)ccc23)c(C(=O)O)c1.O=CC(F)(F)F. The summed E-state index contributed by atoms with van der Waals surface area (Å²) < 4.78 is 41.9. The fraction of sp³-hybridized carbons (Fsp3) is 0.226. The number of thiocarbonyl (C=S) groups is 1. The maximum absolute atomic E-state index is 12.5. The first-order chi connectivity index (χ1) is 23.1. The number of rotatable bonds is 11. The van der Waals surface area contributed by atoms with E-state index >= 15 is 0 Å². The van der Waals surface area contributed by atoms with Gasteiger partial charge in [0.2, 0.25) is 12.2 Å². The molecule has 1 aliphatic carbocycles. The van der Waals surface area contributed by atoms with Crippen molar-refractivity contribution in [3.8, 4) is 28.2 Å². The number of carboxylic acids is 1. The van der Waals surface area contributed by atoms with Crippen LogP contribution in [0.2, 0.25) is 0 Å². The summed E-state index contributed by atoms with van der Waals surface area (Å²) in [6.07, 6.45) is -5.40. The van der Waals surface area contributed by atoms with Crippen LogP contribution in [0.1, 0.15) is 23.2 Å². The number of ether oxygens (including phenoxy) is 1. The molecule has 0 saturated carbocycles. The molecule has 2 amide bonds. The number of hydrogen-bond donors (Lipinski definition) is 7. The number of nitrogens with one attached hydrogen (secondary N) is 3. The number of fused-ring (bicyclic) bond motifs is 2. The van der Waals surface area contributed by atoms with Gasteiger partial charge in [-0.1, -0.05) is 6.07 Å². The Morgan fingerprint density at radius 1 is 1.08 bits per heavy atom. The lowest BCUT2D eigenvalue weighted by molar-refractivity contribution is -0.368. The van der Waals surface area contributed by atoms with Crippen LogP contribution in [0.15, 0.2) is 63.8 Å². The molecule has 0 bridgehead atoms. The summed E-state index contributed by atoms with van der Waals surface area (Å²) in [5, 5.41) is 29.1. The van der Waals surface area contributed by atoms with Crippen molar-refractivity contribution in [1.29, 1.82) is 0 Å². The maximum atomic E-state index is 12.5. The second-order valence-electron chi connectivity index (χ2n) is 10.2. The highest BCUT2D eigenvalue weighted by molar-refractivity contribution is 7.80. The molecular formula is C31H31F3N5O9S+. The van der Waals surface area contributed by atoms with Crippen LogP contribution in [0.5, 0.6) is 5.75 Å². The fourth-order valence-electron chi connectivity index (χ4n) is 4.55. The number of aromatic hydroxyl groups is 1. The third kappa shape index (κ3) is 11.2. The summed E-state index contributed by atoms with van der Waals surface area (Å²) in [7, 11) is 0. The van der Waals surface area contributed by atoms with Crippen molar-refractivity contribution in [3.05, 3.63) is 70.4 Å². The molecule has 0 saturated heterocycles. The van der Waals surface area contributed by atoms with Crippen molar-refractivity contribution in [1.82, 2.24) is 10.6 Å². The summed E-state index contributed by atoms with van der Waals surface area (Å²) in [6.45, 7) is 0.365. The zero-order valence-corrected chi connectivity index (χ0v) is 26.3. The summed E-state index contributed by atoms with van der Waals surface area (Å²) in [5.41, 5.74) is 10.4. The van der Waals surface area contributed by atoms with Crippen molar-refractivity contribution in [3.63, 3.8) is 0 Å². The molecule has 2 aliphatic rings. The highest BCUT2D eigenvalue weighted by Gasteiger charge is 2.25. The van der Waals surface area contributed by atoms with E-state index in [0.717, 1.165) is 0 Å². The van der Waals surface area contributed by atoms with E-state index in [1.54, 1.807) is 24.3 Å². The molecule has 260 valence electrons. The van der Waals surface area contributed by atoms with Crippen molar-refractivity contribution in [2.45, 2.75) is 25.1 Å². The summed E-state index contributed by atoms with van der Waals surface area (Å²) >= 11 is 5.30. The van der Waals surface area contributed by atoms with E-state index in [-0.39, 0.29) is 46.3 Å². The lowest BCUT2D eigenvalue weighted by Gasteiger charge is -2.19. The number of alkyl halides is 3. The minimum Gasteiger partial charge on any atom is -0.508 e. The van der Waals surface area contributed by atoms with Gasteiger partial charge in [-0.2, -0.15) is 13.2 Å². The molecule has 0 radical (unpaired) electrons. The van der Waals surface area contributed by atoms with Gasteiger partial charge in [-0.15, -0.1) is 0 Å². The van der Waals surface area contributed by atoms with Crippen LogP contribution in [-0.2, 0) is 14.3 Å². The second-order valence-corrected chi connectivity index (χ2v) is 10.6. The average molecular weight is 707 g/mol.